The topological polar surface area (TPSA) is 61.4 Å². The fourth-order valence-corrected chi connectivity index (χ4v) is 4.20. The number of halogens is 4. The van der Waals surface area contributed by atoms with Gasteiger partial charge < -0.3 is 15.7 Å². The molecular weight excluding hydrogens is 424 g/mol. The van der Waals surface area contributed by atoms with Crippen LogP contribution in [0.5, 0.6) is 0 Å². The predicted octanol–water partition coefficient (Wildman–Crippen LogP) is 3.85. The van der Waals surface area contributed by atoms with Gasteiger partial charge in [-0.15, -0.1) is 0 Å². The molecule has 3 atom stereocenters. The van der Waals surface area contributed by atoms with Crippen molar-refractivity contribution in [2.75, 3.05) is 6.54 Å². The number of benzene rings is 2. The Morgan fingerprint density at radius 3 is 2.50 bits per heavy atom. The van der Waals surface area contributed by atoms with Crippen molar-refractivity contribution >= 4 is 5.91 Å². The van der Waals surface area contributed by atoms with Crippen LogP contribution >= 0.6 is 0 Å². The summed E-state index contributed by atoms with van der Waals surface area (Å²) in [5, 5.41) is 16.1. The molecule has 4 nitrogen and oxygen atoms in total. The Labute approximate surface area is 185 Å². The first-order valence-corrected chi connectivity index (χ1v) is 10.8. The van der Waals surface area contributed by atoms with E-state index in [-0.39, 0.29) is 24.6 Å². The fourth-order valence-electron chi connectivity index (χ4n) is 4.20. The minimum atomic E-state index is -3.26. The van der Waals surface area contributed by atoms with Crippen LogP contribution in [-0.4, -0.2) is 36.1 Å². The highest BCUT2D eigenvalue weighted by atomic mass is 19.3. The molecule has 0 unspecified atom stereocenters. The summed E-state index contributed by atoms with van der Waals surface area (Å²) in [5.74, 6) is -3.18. The smallest absolute Gasteiger partial charge is 0.315 e. The predicted molar refractivity (Wildman–Crippen MR) is 114 cm³/mol. The zero-order valence-corrected chi connectivity index (χ0v) is 17.9. The second kappa shape index (κ2) is 10.9. The van der Waals surface area contributed by atoms with E-state index in [1.54, 1.807) is 0 Å². The number of rotatable bonds is 9. The number of hydrogen-bond donors (Lipinski definition) is 3. The highest BCUT2D eigenvalue weighted by molar-refractivity contribution is 5.79. The van der Waals surface area contributed by atoms with Crippen molar-refractivity contribution < 1.29 is 27.5 Å². The minimum Gasteiger partial charge on any atom is -0.390 e. The number of aliphatic hydroxyl groups is 1. The van der Waals surface area contributed by atoms with Crippen LogP contribution in [0.1, 0.15) is 48.1 Å². The van der Waals surface area contributed by atoms with Crippen molar-refractivity contribution in [1.29, 1.82) is 0 Å². The number of fused-ring (bicyclic) bond motifs is 1. The fraction of sp³-hybridized carbons (Fsp3) is 0.458. The molecule has 0 heterocycles. The summed E-state index contributed by atoms with van der Waals surface area (Å²) >= 11 is 0. The average Bonchev–Trinajstić information content (AvgIpc) is 2.75. The van der Waals surface area contributed by atoms with E-state index in [4.69, 9.17) is 0 Å². The van der Waals surface area contributed by atoms with E-state index in [2.05, 4.69) is 35.8 Å². The van der Waals surface area contributed by atoms with Crippen LogP contribution in [0, 0.1) is 11.6 Å². The lowest BCUT2D eigenvalue weighted by molar-refractivity contribution is -0.133. The van der Waals surface area contributed by atoms with Crippen LogP contribution in [0.3, 0.4) is 0 Å². The number of amides is 1. The van der Waals surface area contributed by atoms with E-state index in [0.29, 0.717) is 6.07 Å². The van der Waals surface area contributed by atoms with Crippen LogP contribution in [0.15, 0.2) is 36.4 Å². The van der Waals surface area contributed by atoms with Gasteiger partial charge in [0.1, 0.15) is 11.6 Å². The van der Waals surface area contributed by atoms with Gasteiger partial charge in [-0.25, -0.2) is 8.78 Å². The van der Waals surface area contributed by atoms with Gasteiger partial charge in [0.2, 0.25) is 0 Å². The van der Waals surface area contributed by atoms with Crippen molar-refractivity contribution in [3.63, 3.8) is 0 Å². The van der Waals surface area contributed by atoms with E-state index in [9.17, 15) is 27.5 Å². The zero-order chi connectivity index (χ0) is 23.3. The molecule has 0 aromatic heterocycles. The third kappa shape index (κ3) is 6.29. The van der Waals surface area contributed by atoms with Gasteiger partial charge in [0.15, 0.2) is 0 Å². The monoisotopic (exact) mass is 452 g/mol. The van der Waals surface area contributed by atoms with Gasteiger partial charge in [-0.05, 0) is 66.5 Å². The molecule has 174 valence electrons. The molecule has 3 N–H and O–H groups in total. The van der Waals surface area contributed by atoms with Gasteiger partial charge in [0.25, 0.3) is 5.91 Å². The summed E-state index contributed by atoms with van der Waals surface area (Å²) in [6.07, 6.45) is -1.01. The first-order chi connectivity index (χ1) is 15.3. The Bertz CT molecular complexity index is 918. The highest BCUT2D eigenvalue weighted by Crippen LogP contribution is 2.30. The first-order valence-electron chi connectivity index (χ1n) is 10.8. The van der Waals surface area contributed by atoms with Crippen LogP contribution in [0.25, 0.3) is 0 Å². The van der Waals surface area contributed by atoms with Crippen LogP contribution in [0.2, 0.25) is 0 Å². The van der Waals surface area contributed by atoms with Gasteiger partial charge in [-0.1, -0.05) is 25.1 Å². The average molecular weight is 452 g/mol. The lowest BCUT2D eigenvalue weighted by Gasteiger charge is -2.30. The number of hydrogen-bond acceptors (Lipinski definition) is 3. The van der Waals surface area contributed by atoms with E-state index in [1.165, 1.54) is 11.1 Å². The second-order valence-corrected chi connectivity index (χ2v) is 8.20. The third-order valence-electron chi connectivity index (χ3n) is 5.87. The molecule has 3 rings (SSSR count). The Kier molecular flexibility index (Phi) is 8.26. The Balaban J connectivity index is 1.72. The maximum atomic E-state index is 13.5. The third-order valence-corrected chi connectivity index (χ3v) is 5.87. The molecular formula is C24H28F4N2O2. The highest BCUT2D eigenvalue weighted by Gasteiger charge is 2.28. The Hall–Kier alpha value is -2.45. The van der Waals surface area contributed by atoms with Gasteiger partial charge in [0, 0.05) is 18.7 Å². The molecule has 32 heavy (non-hydrogen) atoms. The summed E-state index contributed by atoms with van der Waals surface area (Å²) < 4.78 is 52.7. The number of aryl methyl sites for hydroxylation is 2. The van der Waals surface area contributed by atoms with Crippen molar-refractivity contribution in [2.24, 2.45) is 0 Å². The summed E-state index contributed by atoms with van der Waals surface area (Å²) in [6.45, 7) is 2.09. The van der Waals surface area contributed by atoms with E-state index in [1.807, 2.05) is 0 Å². The molecule has 0 saturated heterocycles. The summed E-state index contributed by atoms with van der Waals surface area (Å²) in [7, 11) is 0. The summed E-state index contributed by atoms with van der Waals surface area (Å²) in [4.78, 5) is 11.6. The molecule has 1 aliphatic carbocycles. The molecule has 1 aliphatic rings. The molecule has 8 heteroatoms. The molecule has 0 spiro atoms. The van der Waals surface area contributed by atoms with Gasteiger partial charge >= 0.3 is 6.43 Å². The molecule has 0 radical (unpaired) electrons. The maximum absolute atomic E-state index is 13.5. The minimum absolute atomic E-state index is 0.0158. The lowest BCUT2D eigenvalue weighted by atomic mass is 9.86. The molecule has 0 aliphatic heterocycles. The molecule has 0 fully saturated rings. The lowest BCUT2D eigenvalue weighted by Crippen LogP contribution is -2.50. The van der Waals surface area contributed by atoms with Crippen LogP contribution < -0.4 is 10.6 Å². The molecule has 1 amide bonds. The van der Waals surface area contributed by atoms with Crippen LogP contribution in [-0.2, 0) is 24.1 Å². The number of nitrogens with one attached hydrogen (secondary N) is 2. The summed E-state index contributed by atoms with van der Waals surface area (Å²) in [6, 6.07) is 7.99. The number of aliphatic hydroxyl groups excluding tert-OH is 1. The Morgan fingerprint density at radius 2 is 1.84 bits per heavy atom. The molecule has 0 bridgehead atoms. The quantitative estimate of drug-likeness (QED) is 0.507. The molecule has 2 aromatic carbocycles. The van der Waals surface area contributed by atoms with Gasteiger partial charge in [-0.3, -0.25) is 4.79 Å². The number of carbonyl (C=O) groups is 1. The largest absolute Gasteiger partial charge is 0.390 e. The van der Waals surface area contributed by atoms with Crippen molar-refractivity contribution in [3.8, 4) is 0 Å². The second-order valence-electron chi connectivity index (χ2n) is 8.20. The van der Waals surface area contributed by atoms with Crippen molar-refractivity contribution in [2.45, 2.75) is 63.6 Å². The maximum Gasteiger partial charge on any atom is 0.315 e. The molecule has 0 saturated carbocycles. The molecule has 2 aromatic rings. The van der Waals surface area contributed by atoms with Gasteiger partial charge in [-0.2, -0.15) is 8.78 Å². The number of alkyl halides is 2. The van der Waals surface area contributed by atoms with E-state index < -0.39 is 36.1 Å². The standard InChI is InChI=1S/C24H28F4N2O2/c1-2-14-6-7-16-4-3-5-20(19(16)10-14)29-13-22(31)21(30-24(32)23(27)28)11-15-8-17(25)12-18(26)9-15/h6-10,12,20-23,29,31H,2-5,11,13H2,1H3,(H,30,32)/t20-,21+,22+/m1/s1. The van der Waals surface area contributed by atoms with Gasteiger partial charge in [0.05, 0.1) is 12.1 Å². The van der Waals surface area contributed by atoms with Crippen molar-refractivity contribution in [1.82, 2.24) is 10.6 Å². The summed E-state index contributed by atoms with van der Waals surface area (Å²) in [5.41, 5.74) is 3.74. The van der Waals surface area contributed by atoms with E-state index in [0.717, 1.165) is 43.4 Å². The SMILES string of the molecule is CCc1ccc2c(c1)[C@H](NC[C@H](O)[C@H](Cc1cc(F)cc(F)c1)NC(=O)C(F)F)CCC2. The van der Waals surface area contributed by atoms with Crippen LogP contribution in [0.4, 0.5) is 17.6 Å². The Morgan fingerprint density at radius 1 is 1.12 bits per heavy atom. The zero-order valence-electron chi connectivity index (χ0n) is 17.9. The first kappa shape index (κ1) is 24.2. The number of carbonyl (C=O) groups excluding carboxylic acids is 1. The van der Waals surface area contributed by atoms with Crippen molar-refractivity contribution in [3.05, 3.63) is 70.3 Å². The van der Waals surface area contributed by atoms with E-state index >= 15 is 0 Å². The normalized spacial score (nSPS) is 17.7.